The van der Waals surface area contributed by atoms with Crippen LogP contribution in [-0.4, -0.2) is 73.4 Å². The Morgan fingerprint density at radius 2 is 1.89 bits per heavy atom. The fourth-order valence-electron chi connectivity index (χ4n) is 4.32. The minimum atomic E-state index is -0.281. The maximum Gasteiger partial charge on any atom is 0.258 e. The molecular formula is C26H31N3O6. The number of hydrogen-bond donors (Lipinski definition) is 3. The number of likely N-dealkylation sites (tertiary alicyclic amines) is 1. The minimum absolute atomic E-state index is 0.0366. The molecule has 3 N–H and O–H groups in total. The predicted molar refractivity (Wildman–Crippen MR) is 128 cm³/mol. The molecule has 2 aromatic carbocycles. The molecule has 186 valence electrons. The van der Waals surface area contributed by atoms with E-state index in [0.29, 0.717) is 61.5 Å². The van der Waals surface area contributed by atoms with E-state index in [1.54, 1.807) is 18.2 Å². The number of rotatable bonds is 5. The molecular weight excluding hydrogens is 450 g/mol. The monoisotopic (exact) mass is 481 g/mol. The number of β-amino-alcohol motifs (C(OH)–C–C–N with tert-alkyl or cyclic N) is 1. The second-order valence-electron chi connectivity index (χ2n) is 9.38. The Morgan fingerprint density at radius 3 is 2.66 bits per heavy atom. The highest BCUT2D eigenvalue weighted by atomic mass is 16.5. The van der Waals surface area contributed by atoms with Crippen LogP contribution in [0.2, 0.25) is 0 Å². The second kappa shape index (κ2) is 10.5. The molecule has 1 saturated heterocycles. The van der Waals surface area contributed by atoms with Crippen LogP contribution >= 0.6 is 0 Å². The van der Waals surface area contributed by atoms with Crippen molar-refractivity contribution in [3.05, 3.63) is 53.6 Å². The van der Waals surface area contributed by atoms with Crippen molar-refractivity contribution in [1.29, 1.82) is 0 Å². The highest BCUT2D eigenvalue weighted by molar-refractivity contribution is 5.95. The van der Waals surface area contributed by atoms with Gasteiger partial charge in [-0.15, -0.1) is 0 Å². The van der Waals surface area contributed by atoms with Crippen molar-refractivity contribution in [3.63, 3.8) is 0 Å². The average Bonchev–Trinajstić information content (AvgIpc) is 3.62. The molecule has 9 heteroatoms. The van der Waals surface area contributed by atoms with E-state index in [9.17, 15) is 14.7 Å². The van der Waals surface area contributed by atoms with Crippen LogP contribution in [-0.2, 0) is 11.3 Å². The molecule has 2 amide bonds. The summed E-state index contributed by atoms with van der Waals surface area (Å²) in [6, 6.07) is 12.3. The Hall–Kier alpha value is -3.30. The smallest absolute Gasteiger partial charge is 0.258 e. The van der Waals surface area contributed by atoms with E-state index in [2.05, 4.69) is 15.5 Å². The summed E-state index contributed by atoms with van der Waals surface area (Å²) in [6.45, 7) is 2.49. The number of nitrogens with one attached hydrogen (secondary N) is 2. The molecule has 2 fully saturated rings. The van der Waals surface area contributed by atoms with E-state index >= 15 is 0 Å². The number of hydrogen-bond acceptors (Lipinski definition) is 7. The zero-order valence-electron chi connectivity index (χ0n) is 19.6. The summed E-state index contributed by atoms with van der Waals surface area (Å²) in [5.74, 6) is 1.63. The maximum atomic E-state index is 13.3. The van der Waals surface area contributed by atoms with Gasteiger partial charge in [0, 0.05) is 37.8 Å². The number of ether oxygens (including phenoxy) is 3. The standard InChI is InChI=1S/C26H31N3O6/c30-8-7-29-13-23-24(14-29)35-20-5-3-17(4-6-20)12-27-25(31)16-34-22-10-19(26(32)28-23)9-21(11-22)33-15-18-1-2-18/h3-6,9-11,18,23-24,30H,1-2,7-8,12-16H2,(H,27,31)(H,28,32)/t23-,24-/m0/s1. The quantitative estimate of drug-likeness (QED) is 0.591. The molecule has 4 aliphatic rings. The van der Waals surface area contributed by atoms with Gasteiger partial charge in [0.25, 0.3) is 11.8 Å². The molecule has 1 aliphatic carbocycles. The van der Waals surface area contributed by atoms with Gasteiger partial charge in [-0.25, -0.2) is 0 Å². The lowest BCUT2D eigenvalue weighted by atomic mass is 10.1. The third-order valence-corrected chi connectivity index (χ3v) is 6.47. The first-order chi connectivity index (χ1) is 17.1. The summed E-state index contributed by atoms with van der Waals surface area (Å²) >= 11 is 0. The number of carbonyl (C=O) groups is 2. The van der Waals surface area contributed by atoms with E-state index in [1.165, 1.54) is 0 Å². The lowest BCUT2D eigenvalue weighted by Crippen LogP contribution is -2.45. The van der Waals surface area contributed by atoms with Crippen LogP contribution in [0.1, 0.15) is 28.8 Å². The zero-order valence-corrected chi connectivity index (χ0v) is 19.6. The zero-order chi connectivity index (χ0) is 24.2. The molecule has 4 bridgehead atoms. The Bertz CT molecular complexity index is 1060. The van der Waals surface area contributed by atoms with Crippen LogP contribution in [0.25, 0.3) is 0 Å². The van der Waals surface area contributed by atoms with Crippen LogP contribution in [0.4, 0.5) is 0 Å². The normalized spacial score (nSPS) is 22.9. The number of nitrogens with zero attached hydrogens (tertiary/aromatic N) is 1. The molecule has 0 spiro atoms. The first kappa shape index (κ1) is 23.4. The summed E-state index contributed by atoms with van der Waals surface area (Å²) in [7, 11) is 0. The summed E-state index contributed by atoms with van der Waals surface area (Å²) in [4.78, 5) is 27.7. The third-order valence-electron chi connectivity index (χ3n) is 6.47. The molecule has 6 rings (SSSR count). The highest BCUT2D eigenvalue weighted by Gasteiger charge is 2.35. The number of fused-ring (bicyclic) bond motifs is 7. The van der Waals surface area contributed by atoms with Gasteiger partial charge in [-0.05, 0) is 48.6 Å². The second-order valence-corrected chi connectivity index (χ2v) is 9.38. The number of aliphatic hydroxyl groups is 1. The van der Waals surface area contributed by atoms with E-state index < -0.39 is 0 Å². The predicted octanol–water partition coefficient (Wildman–Crippen LogP) is 1.34. The van der Waals surface area contributed by atoms with Crippen LogP contribution in [0, 0.1) is 5.92 Å². The molecule has 0 radical (unpaired) electrons. The van der Waals surface area contributed by atoms with Gasteiger partial charge >= 0.3 is 0 Å². The molecule has 2 aromatic rings. The van der Waals surface area contributed by atoms with Crippen LogP contribution in [0.15, 0.2) is 42.5 Å². The van der Waals surface area contributed by atoms with Gasteiger partial charge in [0.05, 0.1) is 19.3 Å². The lowest BCUT2D eigenvalue weighted by Gasteiger charge is -2.22. The van der Waals surface area contributed by atoms with Crippen molar-refractivity contribution in [1.82, 2.24) is 15.5 Å². The first-order valence-corrected chi connectivity index (χ1v) is 12.1. The Kier molecular flexibility index (Phi) is 7.06. The number of benzene rings is 2. The Balaban J connectivity index is 1.41. The Labute approximate surface area is 204 Å². The molecule has 1 saturated carbocycles. The van der Waals surface area contributed by atoms with Crippen molar-refractivity contribution in [2.75, 3.05) is 39.5 Å². The average molecular weight is 482 g/mol. The number of aliphatic hydroxyl groups excluding tert-OH is 1. The fraction of sp³-hybridized carbons (Fsp3) is 0.462. The molecule has 0 aromatic heterocycles. The van der Waals surface area contributed by atoms with Gasteiger partial charge in [-0.2, -0.15) is 0 Å². The van der Waals surface area contributed by atoms with Crippen LogP contribution < -0.4 is 24.8 Å². The minimum Gasteiger partial charge on any atom is -0.493 e. The van der Waals surface area contributed by atoms with Gasteiger partial charge in [0.1, 0.15) is 23.4 Å². The molecule has 3 aliphatic heterocycles. The largest absolute Gasteiger partial charge is 0.493 e. The molecule has 0 unspecified atom stereocenters. The van der Waals surface area contributed by atoms with E-state index in [0.717, 1.165) is 18.4 Å². The van der Waals surface area contributed by atoms with Gasteiger partial charge in [-0.1, -0.05) is 12.1 Å². The summed E-state index contributed by atoms with van der Waals surface area (Å²) in [5.41, 5.74) is 1.33. The van der Waals surface area contributed by atoms with Gasteiger partial charge in [-0.3, -0.25) is 14.5 Å². The Morgan fingerprint density at radius 1 is 1.06 bits per heavy atom. The molecule has 9 nitrogen and oxygen atoms in total. The van der Waals surface area contributed by atoms with Crippen molar-refractivity contribution < 1.29 is 28.9 Å². The summed E-state index contributed by atoms with van der Waals surface area (Å²) in [6.07, 6.45) is 2.02. The number of amides is 2. The molecule has 2 atom stereocenters. The van der Waals surface area contributed by atoms with E-state index in [1.807, 2.05) is 24.3 Å². The van der Waals surface area contributed by atoms with Crippen molar-refractivity contribution in [2.24, 2.45) is 5.92 Å². The number of carbonyl (C=O) groups excluding carboxylic acids is 2. The third kappa shape index (κ3) is 6.23. The lowest BCUT2D eigenvalue weighted by molar-refractivity contribution is -0.123. The molecule has 35 heavy (non-hydrogen) atoms. The van der Waals surface area contributed by atoms with Crippen molar-refractivity contribution in [2.45, 2.75) is 31.5 Å². The van der Waals surface area contributed by atoms with Gasteiger partial charge in [0.2, 0.25) is 0 Å². The van der Waals surface area contributed by atoms with Crippen molar-refractivity contribution in [3.8, 4) is 17.2 Å². The van der Waals surface area contributed by atoms with Gasteiger partial charge < -0.3 is 30.0 Å². The SMILES string of the molecule is O=C1COc2cc(OCC3CC3)cc(c2)C(=O)N[C@H]2CN(CCO)C[C@@H]2Oc2ccc(cc2)CN1. The molecule has 3 heterocycles. The fourth-order valence-corrected chi connectivity index (χ4v) is 4.32. The summed E-state index contributed by atoms with van der Waals surface area (Å²) < 4.78 is 17.9. The highest BCUT2D eigenvalue weighted by Crippen LogP contribution is 2.31. The summed E-state index contributed by atoms with van der Waals surface area (Å²) in [5, 5.41) is 15.3. The topological polar surface area (TPSA) is 109 Å². The van der Waals surface area contributed by atoms with E-state index in [4.69, 9.17) is 14.2 Å². The van der Waals surface area contributed by atoms with Crippen LogP contribution in [0.3, 0.4) is 0 Å². The van der Waals surface area contributed by atoms with Crippen LogP contribution in [0.5, 0.6) is 17.2 Å². The van der Waals surface area contributed by atoms with Gasteiger partial charge in [0.15, 0.2) is 6.61 Å². The maximum absolute atomic E-state index is 13.3. The van der Waals surface area contributed by atoms with Crippen molar-refractivity contribution >= 4 is 11.8 Å². The van der Waals surface area contributed by atoms with E-state index in [-0.39, 0.29) is 37.2 Å². The first-order valence-electron chi connectivity index (χ1n) is 12.1.